The van der Waals surface area contributed by atoms with Gasteiger partial charge in [0.2, 0.25) is 0 Å². The van der Waals surface area contributed by atoms with Crippen LogP contribution in [0.4, 0.5) is 0 Å². The first-order valence-electron chi connectivity index (χ1n) is 3.60. The van der Waals surface area contributed by atoms with E-state index in [0.717, 1.165) is 0 Å². The Morgan fingerprint density at radius 2 is 2.25 bits per heavy atom. The van der Waals surface area contributed by atoms with Gasteiger partial charge in [-0.1, -0.05) is 38.8 Å². The molecule has 0 aromatic carbocycles. The van der Waals surface area contributed by atoms with E-state index in [0.29, 0.717) is 0 Å². The van der Waals surface area contributed by atoms with E-state index < -0.39 is 0 Å². The molecule has 2 heteroatoms. The van der Waals surface area contributed by atoms with Crippen LogP contribution in [0.2, 0.25) is 6.55 Å². The third kappa shape index (κ3) is 6.43. The molecular formula is C6H17Si2. The van der Waals surface area contributed by atoms with Crippen molar-refractivity contribution in [1.29, 1.82) is 0 Å². The molecule has 0 spiro atoms. The van der Waals surface area contributed by atoms with Gasteiger partial charge in [-0.15, -0.1) is 0 Å². The normalized spacial score (nSPS) is 14.2. The van der Waals surface area contributed by atoms with Crippen LogP contribution in [0.25, 0.3) is 0 Å². The van der Waals surface area contributed by atoms with E-state index in [4.69, 9.17) is 0 Å². The monoisotopic (exact) mass is 145 g/mol. The summed E-state index contributed by atoms with van der Waals surface area (Å²) in [6, 6.07) is 2.58. The Morgan fingerprint density at radius 1 is 1.62 bits per heavy atom. The van der Waals surface area contributed by atoms with Gasteiger partial charge in [0.1, 0.15) is 0 Å². The summed E-state index contributed by atoms with van der Waals surface area (Å²) in [7, 11) is 1.28. The molecule has 0 fully saturated rings. The fourth-order valence-electron chi connectivity index (χ4n) is 0.655. The lowest BCUT2D eigenvalue weighted by Gasteiger charge is -1.98. The minimum absolute atomic E-state index is 0.188. The maximum atomic E-state index is 2.58. The first kappa shape index (κ1) is 8.43. The molecule has 1 radical (unpaired) electrons. The number of hydrogen-bond donors (Lipinski definition) is 0. The first-order chi connectivity index (χ1) is 3.77. The summed E-state index contributed by atoms with van der Waals surface area (Å²) in [6.45, 7) is 4.69. The van der Waals surface area contributed by atoms with Crippen molar-refractivity contribution in [3.05, 3.63) is 6.04 Å². The number of unbranched alkanes of at least 4 members (excludes halogenated alkanes) is 2. The van der Waals surface area contributed by atoms with E-state index in [1.165, 1.54) is 29.0 Å². The predicted molar refractivity (Wildman–Crippen MR) is 46.8 cm³/mol. The van der Waals surface area contributed by atoms with Crippen molar-refractivity contribution in [2.75, 3.05) is 0 Å². The van der Waals surface area contributed by atoms with E-state index in [-0.39, 0.29) is 8.31 Å². The SMILES string of the molecule is CCCC[CH][SiH](C)[SiH3]. The Hall–Kier alpha value is 0.434. The van der Waals surface area contributed by atoms with Crippen LogP contribution in [0.5, 0.6) is 0 Å². The highest BCUT2D eigenvalue weighted by Crippen LogP contribution is 1.97. The highest BCUT2D eigenvalue weighted by molar-refractivity contribution is 7.04. The third-order valence-corrected chi connectivity index (χ3v) is 3.89. The van der Waals surface area contributed by atoms with Gasteiger partial charge in [0.15, 0.2) is 0 Å². The van der Waals surface area contributed by atoms with Gasteiger partial charge in [0.05, 0.1) is 0 Å². The molecule has 0 aliphatic rings. The first-order valence-corrected chi connectivity index (χ1v) is 10.0. The van der Waals surface area contributed by atoms with Crippen molar-refractivity contribution in [3.8, 4) is 0 Å². The lowest BCUT2D eigenvalue weighted by atomic mass is 10.3. The van der Waals surface area contributed by atoms with Gasteiger partial charge in [-0.2, -0.15) is 0 Å². The molecule has 0 aromatic heterocycles. The van der Waals surface area contributed by atoms with Crippen molar-refractivity contribution in [2.24, 2.45) is 0 Å². The lowest BCUT2D eigenvalue weighted by Crippen LogP contribution is -2.07. The minimum atomic E-state index is -0.188. The fraction of sp³-hybridized carbons (Fsp3) is 0.833. The second-order valence-corrected chi connectivity index (χ2v) is 11.0. The molecule has 0 rings (SSSR count). The average molecular weight is 145 g/mol. The summed E-state index contributed by atoms with van der Waals surface area (Å²) in [4.78, 5) is 0. The molecule has 8 heavy (non-hydrogen) atoms. The van der Waals surface area contributed by atoms with E-state index >= 15 is 0 Å². The molecule has 0 nitrogen and oxygen atoms in total. The molecule has 0 saturated heterocycles. The van der Waals surface area contributed by atoms with Gasteiger partial charge in [0.25, 0.3) is 0 Å². The summed E-state index contributed by atoms with van der Waals surface area (Å²) in [5.41, 5.74) is 0. The van der Waals surface area contributed by atoms with E-state index in [1.807, 2.05) is 0 Å². The van der Waals surface area contributed by atoms with Crippen molar-refractivity contribution in [1.82, 2.24) is 0 Å². The molecule has 0 aromatic rings. The molecular weight excluding hydrogens is 128 g/mol. The van der Waals surface area contributed by atoms with Gasteiger partial charge in [-0.25, -0.2) is 0 Å². The van der Waals surface area contributed by atoms with E-state index in [2.05, 4.69) is 19.5 Å². The second-order valence-electron chi connectivity index (χ2n) is 2.62. The highest BCUT2D eigenvalue weighted by atomic mass is 29.1. The minimum Gasteiger partial charge on any atom is -0.0744 e. The maximum absolute atomic E-state index is 2.58. The highest BCUT2D eigenvalue weighted by Gasteiger charge is 1.92. The molecule has 0 aliphatic heterocycles. The molecule has 0 heterocycles. The Balaban J connectivity index is 2.72. The summed E-state index contributed by atoms with van der Waals surface area (Å²) >= 11 is 0. The van der Waals surface area contributed by atoms with Crippen LogP contribution in [0.15, 0.2) is 0 Å². The summed E-state index contributed by atoms with van der Waals surface area (Å²) in [5, 5.41) is 0. The zero-order valence-corrected chi connectivity index (χ0v) is 9.43. The Kier molecular flexibility index (Phi) is 5.87. The van der Waals surface area contributed by atoms with Crippen LogP contribution in [0.3, 0.4) is 0 Å². The van der Waals surface area contributed by atoms with Crippen LogP contribution in [-0.4, -0.2) is 18.1 Å². The summed E-state index contributed by atoms with van der Waals surface area (Å²) in [6.07, 6.45) is 4.17. The summed E-state index contributed by atoms with van der Waals surface area (Å²) in [5.74, 6) is 0. The molecule has 1 unspecified atom stereocenters. The van der Waals surface area contributed by atoms with E-state index in [1.54, 1.807) is 0 Å². The van der Waals surface area contributed by atoms with Crippen molar-refractivity contribution >= 4 is 18.1 Å². The fourth-order valence-corrected chi connectivity index (χ4v) is 2.56. The van der Waals surface area contributed by atoms with Crippen molar-refractivity contribution in [3.63, 3.8) is 0 Å². The standard InChI is InChI=1S/C6H17Si2/c1-3-4-5-6-8(2)7/h6,8H,3-5H2,1-2,7H3. The Labute approximate surface area is 57.5 Å². The average Bonchev–Trinajstić information content (AvgIpc) is 1.66. The van der Waals surface area contributed by atoms with Gasteiger partial charge < -0.3 is 0 Å². The molecule has 1 atom stereocenters. The van der Waals surface area contributed by atoms with Crippen LogP contribution in [0.1, 0.15) is 26.2 Å². The molecule has 49 valence electrons. The van der Waals surface area contributed by atoms with Crippen molar-refractivity contribution in [2.45, 2.75) is 32.7 Å². The molecule has 0 amide bonds. The largest absolute Gasteiger partial charge is 0.0744 e. The second kappa shape index (κ2) is 5.57. The molecule has 0 bridgehead atoms. The Morgan fingerprint density at radius 3 is 2.62 bits per heavy atom. The lowest BCUT2D eigenvalue weighted by molar-refractivity contribution is 0.803. The zero-order valence-electron chi connectivity index (χ0n) is 6.28. The topological polar surface area (TPSA) is 0 Å². The van der Waals surface area contributed by atoms with Crippen LogP contribution >= 0.6 is 0 Å². The molecule has 0 saturated carbocycles. The summed E-state index contributed by atoms with van der Waals surface area (Å²) < 4.78 is 0. The third-order valence-electron chi connectivity index (χ3n) is 1.20. The predicted octanol–water partition coefficient (Wildman–Crippen LogP) is 0.639. The van der Waals surface area contributed by atoms with Crippen molar-refractivity contribution < 1.29 is 0 Å². The van der Waals surface area contributed by atoms with Crippen LogP contribution < -0.4 is 0 Å². The van der Waals surface area contributed by atoms with Gasteiger partial charge in [0, 0.05) is 8.31 Å². The smallest absolute Gasteiger partial charge is 0.0204 e. The molecule has 0 N–H and O–H groups in total. The van der Waals surface area contributed by atoms with Gasteiger partial charge in [-0.3, -0.25) is 0 Å². The van der Waals surface area contributed by atoms with Gasteiger partial charge >= 0.3 is 0 Å². The quantitative estimate of drug-likeness (QED) is 0.402. The molecule has 0 aliphatic carbocycles. The van der Waals surface area contributed by atoms with Crippen LogP contribution in [0, 0.1) is 6.04 Å². The van der Waals surface area contributed by atoms with E-state index in [9.17, 15) is 0 Å². The zero-order chi connectivity index (χ0) is 6.41. The van der Waals surface area contributed by atoms with Gasteiger partial charge in [-0.05, 0) is 9.76 Å². The maximum Gasteiger partial charge on any atom is 0.0204 e. The van der Waals surface area contributed by atoms with Crippen LogP contribution in [-0.2, 0) is 0 Å². The Bertz CT molecular complexity index is 43.8. The number of hydrogen-bond acceptors (Lipinski definition) is 0. The number of rotatable bonds is 4.